The molecule has 0 aromatic heterocycles. The molecule has 1 heterocycles. The number of carbonyl (C=O) groups excluding carboxylic acids is 1. The number of carbonyl (C=O) groups is 1. The van der Waals surface area contributed by atoms with E-state index < -0.39 is 0 Å². The molecule has 1 amide bonds. The first-order valence-electron chi connectivity index (χ1n) is 6.64. The Morgan fingerprint density at radius 1 is 1.24 bits per heavy atom. The average molecular weight is 241 g/mol. The minimum absolute atomic E-state index is 0.206. The van der Waals surface area contributed by atoms with Crippen LogP contribution in [0.5, 0.6) is 0 Å². The van der Waals surface area contributed by atoms with E-state index in [1.54, 1.807) is 0 Å². The van der Waals surface area contributed by atoms with E-state index in [0.717, 1.165) is 39.1 Å². The van der Waals surface area contributed by atoms with Crippen molar-refractivity contribution in [3.05, 3.63) is 0 Å². The second kappa shape index (κ2) is 6.33. The van der Waals surface area contributed by atoms with Crippen LogP contribution in [0.25, 0.3) is 0 Å². The van der Waals surface area contributed by atoms with Crippen molar-refractivity contribution in [1.82, 2.24) is 15.1 Å². The van der Waals surface area contributed by atoms with Gasteiger partial charge in [0.2, 0.25) is 5.91 Å². The lowest BCUT2D eigenvalue weighted by molar-refractivity contribution is -0.130. The van der Waals surface area contributed by atoms with E-state index in [2.05, 4.69) is 10.2 Å². The lowest BCUT2D eigenvalue weighted by atomic mass is 10.3. The molecule has 0 radical (unpaired) electrons. The Bertz CT molecular complexity index is 256. The summed E-state index contributed by atoms with van der Waals surface area (Å²) in [4.78, 5) is 16.1. The van der Waals surface area contributed by atoms with Crippen LogP contribution < -0.4 is 5.32 Å². The third-order valence-electron chi connectivity index (χ3n) is 3.48. The van der Waals surface area contributed by atoms with Gasteiger partial charge in [-0.2, -0.15) is 0 Å². The largest absolute Gasteiger partial charge is 0.395 e. The number of nitrogens with zero attached hydrogens (tertiary/aromatic N) is 2. The Balaban J connectivity index is 1.70. The zero-order chi connectivity index (χ0) is 12.1. The molecule has 0 atom stereocenters. The maximum atomic E-state index is 11.9. The minimum Gasteiger partial charge on any atom is -0.395 e. The smallest absolute Gasteiger partial charge is 0.236 e. The molecule has 1 aliphatic heterocycles. The van der Waals surface area contributed by atoms with Gasteiger partial charge in [-0.05, 0) is 25.8 Å². The maximum absolute atomic E-state index is 11.9. The number of hydrogen-bond acceptors (Lipinski definition) is 4. The third-order valence-corrected chi connectivity index (χ3v) is 3.48. The average Bonchev–Trinajstić information content (AvgIpc) is 3.14. The summed E-state index contributed by atoms with van der Waals surface area (Å²) in [7, 11) is 0. The summed E-state index contributed by atoms with van der Waals surface area (Å²) in [5, 5.41) is 12.2. The number of β-amino-alcohol motifs (C(OH)–C–C–N with tert-alkyl or cyclic N) is 1. The molecule has 17 heavy (non-hydrogen) atoms. The number of rotatable bonds is 5. The Labute approximate surface area is 103 Å². The standard InChI is InChI=1S/C12H23N3O2/c16-9-8-14-4-1-5-15(7-6-14)12(17)10-13-11-2-3-11/h11,13,16H,1-10H2. The Morgan fingerprint density at radius 2 is 2.06 bits per heavy atom. The van der Waals surface area contributed by atoms with Crippen LogP contribution in [0.4, 0.5) is 0 Å². The predicted molar refractivity (Wildman–Crippen MR) is 65.7 cm³/mol. The van der Waals surface area contributed by atoms with Crippen LogP contribution in [0.3, 0.4) is 0 Å². The van der Waals surface area contributed by atoms with E-state index in [-0.39, 0.29) is 12.5 Å². The van der Waals surface area contributed by atoms with Crippen LogP contribution in [-0.4, -0.2) is 72.7 Å². The van der Waals surface area contributed by atoms with Gasteiger partial charge in [-0.1, -0.05) is 0 Å². The third kappa shape index (κ3) is 4.26. The molecular weight excluding hydrogens is 218 g/mol. The molecule has 2 rings (SSSR count). The molecule has 98 valence electrons. The van der Waals surface area contributed by atoms with E-state index in [1.807, 2.05) is 4.90 Å². The van der Waals surface area contributed by atoms with Gasteiger partial charge in [0.05, 0.1) is 13.2 Å². The van der Waals surface area contributed by atoms with Crippen LogP contribution >= 0.6 is 0 Å². The van der Waals surface area contributed by atoms with E-state index in [4.69, 9.17) is 5.11 Å². The van der Waals surface area contributed by atoms with Crippen LogP contribution in [0.15, 0.2) is 0 Å². The van der Waals surface area contributed by atoms with E-state index in [0.29, 0.717) is 12.6 Å². The molecule has 5 nitrogen and oxygen atoms in total. The van der Waals surface area contributed by atoms with Crippen molar-refractivity contribution in [3.8, 4) is 0 Å². The summed E-state index contributed by atoms with van der Waals surface area (Å²) in [6.07, 6.45) is 3.45. The molecule has 5 heteroatoms. The highest BCUT2D eigenvalue weighted by atomic mass is 16.3. The highest BCUT2D eigenvalue weighted by Crippen LogP contribution is 2.18. The van der Waals surface area contributed by atoms with Crippen molar-refractivity contribution < 1.29 is 9.90 Å². The number of nitrogens with one attached hydrogen (secondary N) is 1. The first kappa shape index (κ1) is 12.8. The summed E-state index contributed by atoms with van der Waals surface area (Å²) >= 11 is 0. The van der Waals surface area contributed by atoms with Gasteiger partial charge in [-0.25, -0.2) is 0 Å². The van der Waals surface area contributed by atoms with Crippen LogP contribution in [0.1, 0.15) is 19.3 Å². The summed E-state index contributed by atoms with van der Waals surface area (Å²) in [6, 6.07) is 0.594. The maximum Gasteiger partial charge on any atom is 0.236 e. The molecule has 0 aromatic rings. The molecule has 0 bridgehead atoms. The Morgan fingerprint density at radius 3 is 2.76 bits per heavy atom. The minimum atomic E-state index is 0.206. The number of aliphatic hydroxyl groups is 1. The molecule has 2 fully saturated rings. The fourth-order valence-corrected chi connectivity index (χ4v) is 2.22. The summed E-state index contributed by atoms with van der Waals surface area (Å²) in [5.41, 5.74) is 0. The number of amides is 1. The first-order chi connectivity index (χ1) is 8.29. The molecule has 0 unspecified atom stereocenters. The van der Waals surface area contributed by atoms with Gasteiger partial charge in [0.15, 0.2) is 0 Å². The summed E-state index contributed by atoms with van der Waals surface area (Å²) in [5.74, 6) is 0.225. The van der Waals surface area contributed by atoms with Gasteiger partial charge in [-0.15, -0.1) is 0 Å². The second-order valence-electron chi connectivity index (χ2n) is 4.95. The molecule has 2 aliphatic rings. The van der Waals surface area contributed by atoms with Gasteiger partial charge >= 0.3 is 0 Å². The molecular formula is C12H23N3O2. The molecule has 1 saturated heterocycles. The molecule has 0 spiro atoms. The van der Waals surface area contributed by atoms with Crippen molar-refractivity contribution in [2.75, 3.05) is 45.9 Å². The van der Waals surface area contributed by atoms with Gasteiger partial charge in [0.25, 0.3) is 0 Å². The topological polar surface area (TPSA) is 55.8 Å². The van der Waals surface area contributed by atoms with Crippen molar-refractivity contribution in [2.45, 2.75) is 25.3 Å². The van der Waals surface area contributed by atoms with Gasteiger partial charge in [-0.3, -0.25) is 9.69 Å². The molecule has 1 saturated carbocycles. The van der Waals surface area contributed by atoms with Crippen molar-refractivity contribution in [3.63, 3.8) is 0 Å². The molecule has 1 aliphatic carbocycles. The van der Waals surface area contributed by atoms with Crippen LogP contribution in [-0.2, 0) is 4.79 Å². The Kier molecular flexibility index (Phi) is 4.76. The molecule has 0 aromatic carbocycles. The fourth-order valence-electron chi connectivity index (χ4n) is 2.22. The van der Waals surface area contributed by atoms with Gasteiger partial charge in [0.1, 0.15) is 0 Å². The zero-order valence-electron chi connectivity index (χ0n) is 10.4. The van der Waals surface area contributed by atoms with E-state index >= 15 is 0 Å². The normalized spacial score (nSPS) is 22.5. The molecule has 2 N–H and O–H groups in total. The number of hydrogen-bond donors (Lipinski definition) is 2. The highest BCUT2D eigenvalue weighted by molar-refractivity contribution is 5.78. The monoisotopic (exact) mass is 241 g/mol. The van der Waals surface area contributed by atoms with Crippen molar-refractivity contribution in [2.24, 2.45) is 0 Å². The predicted octanol–water partition coefficient (Wildman–Crippen LogP) is -0.735. The highest BCUT2D eigenvalue weighted by Gasteiger charge is 2.23. The lowest BCUT2D eigenvalue weighted by Crippen LogP contribution is -2.41. The van der Waals surface area contributed by atoms with Crippen LogP contribution in [0.2, 0.25) is 0 Å². The van der Waals surface area contributed by atoms with Crippen molar-refractivity contribution in [1.29, 1.82) is 0 Å². The second-order valence-corrected chi connectivity index (χ2v) is 4.95. The SMILES string of the molecule is O=C(CNC1CC1)N1CCCN(CCO)CC1. The van der Waals surface area contributed by atoms with Gasteiger partial charge < -0.3 is 15.3 Å². The number of aliphatic hydroxyl groups excluding tert-OH is 1. The zero-order valence-corrected chi connectivity index (χ0v) is 10.4. The van der Waals surface area contributed by atoms with E-state index in [1.165, 1.54) is 12.8 Å². The first-order valence-corrected chi connectivity index (χ1v) is 6.64. The summed E-state index contributed by atoms with van der Waals surface area (Å²) < 4.78 is 0. The summed E-state index contributed by atoms with van der Waals surface area (Å²) in [6.45, 7) is 4.94. The van der Waals surface area contributed by atoms with E-state index in [9.17, 15) is 4.79 Å². The van der Waals surface area contributed by atoms with Crippen molar-refractivity contribution >= 4 is 5.91 Å². The quantitative estimate of drug-likeness (QED) is 0.666. The Hall–Kier alpha value is -0.650. The lowest BCUT2D eigenvalue weighted by Gasteiger charge is -2.21. The van der Waals surface area contributed by atoms with Gasteiger partial charge in [0, 0.05) is 32.2 Å². The van der Waals surface area contributed by atoms with Crippen LogP contribution in [0, 0.1) is 0 Å². The fraction of sp³-hybridized carbons (Fsp3) is 0.917.